The van der Waals surface area contributed by atoms with Crippen molar-refractivity contribution in [3.63, 3.8) is 0 Å². The molecule has 9 heteroatoms. The number of methoxy groups -OCH3 is 1. The van der Waals surface area contributed by atoms with Crippen LogP contribution in [0.2, 0.25) is 5.02 Å². The van der Waals surface area contributed by atoms with Crippen molar-refractivity contribution in [2.45, 2.75) is 18.2 Å². The van der Waals surface area contributed by atoms with Gasteiger partial charge in [0.2, 0.25) is 0 Å². The summed E-state index contributed by atoms with van der Waals surface area (Å²) in [7, 11) is -2.32. The average Bonchev–Trinajstić information content (AvgIpc) is 2.67. The lowest BCUT2D eigenvalue weighted by Crippen LogP contribution is -2.26. The van der Waals surface area contributed by atoms with Gasteiger partial charge in [-0.15, -0.1) is 0 Å². The van der Waals surface area contributed by atoms with Gasteiger partial charge >= 0.3 is 0 Å². The van der Waals surface area contributed by atoms with Gasteiger partial charge in [-0.25, -0.2) is 8.42 Å². The maximum atomic E-state index is 12.7. The van der Waals surface area contributed by atoms with Crippen molar-refractivity contribution in [1.82, 2.24) is 5.32 Å². The van der Waals surface area contributed by atoms with Crippen LogP contribution in [-0.2, 0) is 14.8 Å². The molecule has 2 N–H and O–H groups in total. The van der Waals surface area contributed by atoms with Gasteiger partial charge in [-0.3, -0.25) is 9.52 Å². The van der Waals surface area contributed by atoms with E-state index in [-0.39, 0.29) is 15.5 Å². The van der Waals surface area contributed by atoms with E-state index in [4.69, 9.17) is 21.1 Å². The molecule has 0 spiro atoms. The minimum absolute atomic E-state index is 0.0622. The van der Waals surface area contributed by atoms with Gasteiger partial charge in [-0.05, 0) is 55.8 Å². The first-order valence-corrected chi connectivity index (χ1v) is 10.6. The summed E-state index contributed by atoms with van der Waals surface area (Å²) < 4.78 is 38.1. The molecule has 0 unspecified atom stereocenters. The third kappa shape index (κ3) is 6.12. The molecular weight excluding hydrogens is 404 g/mol. The quantitative estimate of drug-likeness (QED) is 0.568. The second-order valence-electron chi connectivity index (χ2n) is 5.81. The summed E-state index contributed by atoms with van der Waals surface area (Å²) in [5, 5.41) is 2.86. The summed E-state index contributed by atoms with van der Waals surface area (Å²) in [6, 6.07) is 10.5. The van der Waals surface area contributed by atoms with Crippen LogP contribution in [0.1, 0.15) is 23.7 Å². The molecule has 0 saturated heterocycles. The van der Waals surface area contributed by atoms with E-state index in [1.54, 1.807) is 31.4 Å². The van der Waals surface area contributed by atoms with Crippen molar-refractivity contribution in [1.29, 1.82) is 0 Å². The molecule has 0 radical (unpaired) electrons. The SMILES string of the molecule is CCOc1ccc(NS(=O)(=O)c2ccc(Cl)c(C(=O)NCCCOC)c2)cc1. The van der Waals surface area contributed by atoms with Crippen LogP contribution in [0.5, 0.6) is 5.75 Å². The van der Waals surface area contributed by atoms with Crippen LogP contribution in [0.25, 0.3) is 0 Å². The largest absolute Gasteiger partial charge is 0.494 e. The minimum atomic E-state index is -3.89. The number of nitrogens with one attached hydrogen (secondary N) is 2. The zero-order chi connectivity index (χ0) is 20.6. The molecule has 0 aliphatic heterocycles. The number of carbonyl (C=O) groups is 1. The summed E-state index contributed by atoms with van der Waals surface area (Å²) in [6.07, 6.45) is 0.636. The number of halogens is 1. The zero-order valence-corrected chi connectivity index (χ0v) is 17.3. The van der Waals surface area contributed by atoms with Gasteiger partial charge in [-0.2, -0.15) is 0 Å². The highest BCUT2D eigenvalue weighted by Gasteiger charge is 2.19. The van der Waals surface area contributed by atoms with Crippen molar-refractivity contribution in [3.8, 4) is 5.75 Å². The first-order chi connectivity index (χ1) is 13.4. The Bertz CT molecular complexity index is 901. The van der Waals surface area contributed by atoms with Gasteiger partial charge in [0.25, 0.3) is 15.9 Å². The molecule has 0 saturated carbocycles. The van der Waals surface area contributed by atoms with Crippen molar-refractivity contribution >= 4 is 33.2 Å². The highest BCUT2D eigenvalue weighted by Crippen LogP contribution is 2.23. The molecule has 7 nitrogen and oxygen atoms in total. The van der Waals surface area contributed by atoms with Crippen molar-refractivity contribution < 1.29 is 22.7 Å². The number of ether oxygens (including phenoxy) is 2. The fourth-order valence-electron chi connectivity index (χ4n) is 2.36. The van der Waals surface area contributed by atoms with Gasteiger partial charge in [0.05, 0.1) is 22.1 Å². The fraction of sp³-hybridized carbons (Fsp3) is 0.316. The summed E-state index contributed by atoms with van der Waals surface area (Å²) in [5.74, 6) is 0.198. The van der Waals surface area contributed by atoms with Crippen molar-refractivity contribution in [2.75, 3.05) is 31.6 Å². The third-order valence-electron chi connectivity index (χ3n) is 3.72. The second-order valence-corrected chi connectivity index (χ2v) is 7.90. The predicted octanol–water partition coefficient (Wildman–Crippen LogP) is 3.31. The molecule has 152 valence electrons. The van der Waals surface area contributed by atoms with Crippen LogP contribution in [0.15, 0.2) is 47.4 Å². The molecule has 0 aromatic heterocycles. The van der Waals surface area contributed by atoms with E-state index in [9.17, 15) is 13.2 Å². The Labute approximate surface area is 170 Å². The number of benzene rings is 2. The number of rotatable bonds is 10. The zero-order valence-electron chi connectivity index (χ0n) is 15.7. The molecule has 2 aromatic rings. The number of carbonyl (C=O) groups excluding carboxylic acids is 1. The normalized spacial score (nSPS) is 11.1. The van der Waals surface area contributed by atoms with Gasteiger partial charge in [0.15, 0.2) is 0 Å². The molecule has 28 heavy (non-hydrogen) atoms. The molecule has 0 bridgehead atoms. The Balaban J connectivity index is 2.15. The number of anilines is 1. The topological polar surface area (TPSA) is 93.7 Å². The molecule has 2 aromatic carbocycles. The van der Waals surface area contributed by atoms with Crippen LogP contribution < -0.4 is 14.8 Å². The number of amides is 1. The summed E-state index contributed by atoms with van der Waals surface area (Å²) in [4.78, 5) is 12.2. The van der Waals surface area contributed by atoms with Crippen LogP contribution in [0, 0.1) is 0 Å². The molecule has 1 amide bonds. The Hall–Kier alpha value is -2.29. The van der Waals surface area contributed by atoms with E-state index >= 15 is 0 Å². The predicted molar refractivity (Wildman–Crippen MR) is 109 cm³/mol. The van der Waals surface area contributed by atoms with Crippen LogP contribution >= 0.6 is 11.6 Å². The van der Waals surface area contributed by atoms with Gasteiger partial charge in [-0.1, -0.05) is 11.6 Å². The summed E-state index contributed by atoms with van der Waals surface area (Å²) in [6.45, 7) is 3.29. The maximum Gasteiger partial charge on any atom is 0.261 e. The summed E-state index contributed by atoms with van der Waals surface area (Å²) >= 11 is 6.07. The fourth-order valence-corrected chi connectivity index (χ4v) is 3.65. The Morgan fingerprint density at radius 1 is 1.14 bits per heavy atom. The maximum absolute atomic E-state index is 12.7. The molecule has 2 rings (SSSR count). The first kappa shape index (κ1) is 22.0. The Morgan fingerprint density at radius 3 is 2.50 bits per heavy atom. The van der Waals surface area contributed by atoms with Crippen LogP contribution in [-0.4, -0.2) is 41.2 Å². The molecule has 0 atom stereocenters. The molecule has 0 heterocycles. The van der Waals surface area contributed by atoms with E-state index in [1.165, 1.54) is 18.2 Å². The first-order valence-electron chi connectivity index (χ1n) is 8.69. The smallest absolute Gasteiger partial charge is 0.261 e. The van der Waals surface area contributed by atoms with Crippen LogP contribution in [0.3, 0.4) is 0 Å². The highest BCUT2D eigenvalue weighted by atomic mass is 35.5. The molecule has 0 aliphatic rings. The van der Waals surface area contributed by atoms with Gasteiger partial charge < -0.3 is 14.8 Å². The Morgan fingerprint density at radius 2 is 1.86 bits per heavy atom. The van der Waals surface area contributed by atoms with E-state index in [0.717, 1.165) is 0 Å². The van der Waals surface area contributed by atoms with Gasteiger partial charge in [0.1, 0.15) is 5.75 Å². The number of hydrogen-bond donors (Lipinski definition) is 2. The monoisotopic (exact) mass is 426 g/mol. The molecular formula is C19H23ClN2O5S. The van der Waals surface area contributed by atoms with Crippen molar-refractivity contribution in [2.24, 2.45) is 0 Å². The lowest BCUT2D eigenvalue weighted by atomic mass is 10.2. The van der Waals surface area contributed by atoms with Crippen molar-refractivity contribution in [3.05, 3.63) is 53.1 Å². The minimum Gasteiger partial charge on any atom is -0.494 e. The number of sulfonamides is 1. The highest BCUT2D eigenvalue weighted by molar-refractivity contribution is 7.92. The average molecular weight is 427 g/mol. The lowest BCUT2D eigenvalue weighted by molar-refractivity contribution is 0.0948. The number of hydrogen-bond acceptors (Lipinski definition) is 5. The second kappa shape index (κ2) is 10.3. The van der Waals surface area contributed by atoms with E-state index in [2.05, 4.69) is 10.0 Å². The third-order valence-corrected chi connectivity index (χ3v) is 5.43. The van der Waals surface area contributed by atoms with E-state index in [0.29, 0.717) is 37.6 Å². The summed E-state index contributed by atoms with van der Waals surface area (Å²) in [5.41, 5.74) is 0.470. The standard InChI is InChI=1S/C19H23ClN2O5S/c1-3-27-15-7-5-14(6-8-15)22-28(24,25)16-9-10-18(20)17(13-16)19(23)21-11-4-12-26-2/h5-10,13,22H,3-4,11-12H2,1-2H3,(H,21,23). The van der Waals surface area contributed by atoms with E-state index < -0.39 is 15.9 Å². The lowest BCUT2D eigenvalue weighted by Gasteiger charge is -2.11. The molecule has 0 fully saturated rings. The Kier molecular flexibility index (Phi) is 8.10. The molecule has 0 aliphatic carbocycles. The van der Waals surface area contributed by atoms with Gasteiger partial charge in [0, 0.05) is 25.9 Å². The van der Waals surface area contributed by atoms with Crippen LogP contribution in [0.4, 0.5) is 5.69 Å². The van der Waals surface area contributed by atoms with E-state index in [1.807, 2.05) is 6.92 Å².